The topological polar surface area (TPSA) is 249 Å². The average molecular weight is 907 g/mol. The zero-order valence-corrected chi connectivity index (χ0v) is 39.2. The van der Waals surface area contributed by atoms with Gasteiger partial charge in [0.1, 0.15) is 30.5 Å². The first-order valence-corrected chi connectivity index (χ1v) is 24.2. The summed E-state index contributed by atoms with van der Waals surface area (Å²) >= 11 is 0. The normalized spacial score (nSPS) is 52.5. The van der Waals surface area contributed by atoms with Gasteiger partial charge < -0.3 is 70.1 Å². The number of rotatable bonds is 8. The van der Waals surface area contributed by atoms with Crippen LogP contribution in [0.15, 0.2) is 11.6 Å². The molecule has 0 aromatic rings. The summed E-state index contributed by atoms with van der Waals surface area (Å²) in [4.78, 5) is 27.7. The van der Waals surface area contributed by atoms with Crippen molar-refractivity contribution in [2.45, 2.75) is 199 Å². The molecule has 4 saturated carbocycles. The summed E-state index contributed by atoms with van der Waals surface area (Å²) in [6.45, 7) is 17.0. The number of amides is 1. The molecule has 64 heavy (non-hydrogen) atoms. The Balaban J connectivity index is 1.05. The van der Waals surface area contributed by atoms with Gasteiger partial charge in [-0.25, -0.2) is 0 Å². The summed E-state index contributed by atoms with van der Waals surface area (Å²) in [5.74, 6) is -0.280. The van der Waals surface area contributed by atoms with E-state index < -0.39 is 91.0 Å². The molecule has 16 nitrogen and oxygen atoms in total. The summed E-state index contributed by atoms with van der Waals surface area (Å²) < 4.78 is 36.4. The Hall–Kier alpha value is -1.80. The van der Waals surface area contributed by atoms with Gasteiger partial charge in [0.05, 0.1) is 49.5 Å². The molecule has 8 rings (SSSR count). The lowest BCUT2D eigenvalue weighted by atomic mass is 9.34. The van der Waals surface area contributed by atoms with Crippen molar-refractivity contribution in [2.75, 3.05) is 19.8 Å². The SMILES string of the molecule is CC1O[C@@H](OC2C(O)[C@@H](NC(=O)CN)CO[C@H]2OC(=O)[C@]23CCC(C)(C)CC2C2=CCC4C5(C)CC[C@H](O)C(C)[C@@H]5CC[C@]4(C)[C@]2(C)CC3)C(O)C(O)[C@H]1O[C@@H]1OC[C@@H](C)C(O)C1O. The Morgan fingerprint density at radius 2 is 1.45 bits per heavy atom. The number of carbonyl (C=O) groups is 2. The quantitative estimate of drug-likeness (QED) is 0.129. The van der Waals surface area contributed by atoms with E-state index in [2.05, 4.69) is 52.9 Å². The molecule has 3 heterocycles. The number of ether oxygens (including phenoxy) is 6. The monoisotopic (exact) mass is 907 g/mol. The third kappa shape index (κ3) is 7.92. The number of nitrogens with two attached hydrogens (primary N) is 1. The number of hydrogen-bond acceptors (Lipinski definition) is 15. The van der Waals surface area contributed by atoms with Gasteiger partial charge in [-0.05, 0) is 116 Å². The summed E-state index contributed by atoms with van der Waals surface area (Å²) in [6.07, 6.45) is -4.78. The van der Waals surface area contributed by atoms with Crippen LogP contribution in [0.5, 0.6) is 0 Å². The van der Waals surface area contributed by atoms with E-state index in [0.29, 0.717) is 24.7 Å². The van der Waals surface area contributed by atoms with Gasteiger partial charge in [-0.15, -0.1) is 0 Å². The molecule has 22 atom stereocenters. The molecule has 0 spiro atoms. The van der Waals surface area contributed by atoms with Crippen LogP contribution in [0.3, 0.4) is 0 Å². The molecule has 3 saturated heterocycles. The summed E-state index contributed by atoms with van der Waals surface area (Å²) in [5.41, 5.74) is 5.97. The van der Waals surface area contributed by atoms with Crippen LogP contribution in [-0.2, 0) is 38.0 Å². The first-order valence-electron chi connectivity index (χ1n) is 24.2. The molecular weight excluding hydrogens is 829 g/mol. The lowest BCUT2D eigenvalue weighted by Crippen LogP contribution is -2.66. The van der Waals surface area contributed by atoms with Gasteiger partial charge in [0.15, 0.2) is 18.7 Å². The molecule has 9 N–H and O–H groups in total. The van der Waals surface area contributed by atoms with Crippen LogP contribution in [0.4, 0.5) is 0 Å². The summed E-state index contributed by atoms with van der Waals surface area (Å²) in [6, 6.07) is -1.03. The van der Waals surface area contributed by atoms with Crippen molar-refractivity contribution in [1.29, 1.82) is 0 Å². The molecule has 364 valence electrons. The average Bonchev–Trinajstić information content (AvgIpc) is 3.24. The Kier molecular flexibility index (Phi) is 13.4. The fraction of sp³-hybridized carbons (Fsp3) is 0.917. The molecule has 0 bridgehead atoms. The fourth-order valence-corrected chi connectivity index (χ4v) is 14.5. The molecule has 5 aliphatic carbocycles. The first-order chi connectivity index (χ1) is 30.0. The summed E-state index contributed by atoms with van der Waals surface area (Å²) in [5, 5.41) is 69.3. The zero-order valence-electron chi connectivity index (χ0n) is 39.2. The number of aliphatic hydroxyl groups is 6. The van der Waals surface area contributed by atoms with Gasteiger partial charge in [0.2, 0.25) is 12.2 Å². The van der Waals surface area contributed by atoms with Crippen LogP contribution in [-0.4, -0.2) is 142 Å². The first kappa shape index (κ1) is 48.6. The van der Waals surface area contributed by atoms with Crippen molar-refractivity contribution in [3.63, 3.8) is 0 Å². The van der Waals surface area contributed by atoms with Crippen molar-refractivity contribution in [1.82, 2.24) is 5.32 Å². The van der Waals surface area contributed by atoms with Gasteiger partial charge in [0.25, 0.3) is 0 Å². The van der Waals surface area contributed by atoms with Gasteiger partial charge in [-0.1, -0.05) is 60.1 Å². The minimum absolute atomic E-state index is 0.00382. The van der Waals surface area contributed by atoms with Crippen LogP contribution in [0, 0.1) is 56.7 Å². The van der Waals surface area contributed by atoms with Gasteiger partial charge in [-0.2, -0.15) is 0 Å². The molecule has 0 aromatic carbocycles. The van der Waals surface area contributed by atoms with E-state index in [1.54, 1.807) is 13.8 Å². The lowest BCUT2D eigenvalue weighted by Gasteiger charge is -2.70. The van der Waals surface area contributed by atoms with Gasteiger partial charge in [-0.3, -0.25) is 9.59 Å². The van der Waals surface area contributed by atoms with Crippen molar-refractivity contribution in [3.05, 3.63) is 11.6 Å². The Bertz CT molecular complexity index is 1770. The number of fused-ring (bicyclic) bond motifs is 7. The van der Waals surface area contributed by atoms with E-state index in [9.17, 15) is 35.4 Å². The molecule has 0 aromatic heterocycles. The van der Waals surface area contributed by atoms with E-state index in [-0.39, 0.29) is 65.3 Å². The molecule has 0 radical (unpaired) electrons. The molecule has 3 aliphatic heterocycles. The van der Waals surface area contributed by atoms with E-state index in [1.807, 2.05) is 0 Å². The standard InChI is InChI=1S/C48H78N2O14/c1-23-21-59-40(36(56)33(23)53)62-38-25(3)61-41(37(57)35(38)55)63-39-34(54)29(50-32(52)20-49)22-60-42(39)64-43(58)48-17-15-44(4,5)19-28(48)27-9-10-31-45(6)13-12-30(51)24(2)26(45)11-14-47(31,8)46(27,7)16-18-48/h9,23-26,28-31,33-42,51,53-57H,10-22,49H2,1-8H3,(H,50,52)/t23-,24?,25?,26+,28?,29+,30+,31?,33?,34?,35?,36?,37?,38+,39?,40+,41+,42+,45?,46-,47+,48+/m1/s1. The molecule has 8 aliphatic rings. The highest BCUT2D eigenvalue weighted by Crippen LogP contribution is 2.75. The predicted octanol–water partition coefficient (Wildman–Crippen LogP) is 2.41. The number of allylic oxidation sites excluding steroid dienone is 2. The second kappa shape index (κ2) is 17.6. The lowest BCUT2D eigenvalue weighted by molar-refractivity contribution is -0.364. The highest BCUT2D eigenvalue weighted by Gasteiger charge is 2.69. The number of nitrogens with one attached hydrogen (secondary N) is 1. The molecule has 11 unspecified atom stereocenters. The van der Waals surface area contributed by atoms with Crippen LogP contribution >= 0.6 is 0 Å². The highest BCUT2D eigenvalue weighted by atomic mass is 16.8. The van der Waals surface area contributed by atoms with E-state index >= 15 is 4.79 Å². The van der Waals surface area contributed by atoms with Gasteiger partial charge >= 0.3 is 5.97 Å². The Labute approximate surface area is 378 Å². The smallest absolute Gasteiger partial charge is 0.315 e. The zero-order chi connectivity index (χ0) is 46.5. The maximum Gasteiger partial charge on any atom is 0.315 e. The number of hydrogen-bond donors (Lipinski definition) is 8. The molecule has 7 fully saturated rings. The van der Waals surface area contributed by atoms with Crippen LogP contribution in [0.2, 0.25) is 0 Å². The Morgan fingerprint density at radius 1 is 0.781 bits per heavy atom. The number of esters is 1. The predicted molar refractivity (Wildman–Crippen MR) is 230 cm³/mol. The second-order valence-corrected chi connectivity index (χ2v) is 22.9. The minimum Gasteiger partial charge on any atom is -0.432 e. The van der Waals surface area contributed by atoms with Crippen molar-refractivity contribution < 1.29 is 68.6 Å². The molecule has 1 amide bonds. The number of carbonyl (C=O) groups excluding carboxylic acids is 2. The molecular formula is C48H78N2O14. The van der Waals surface area contributed by atoms with Gasteiger partial charge in [0, 0.05) is 5.92 Å². The largest absolute Gasteiger partial charge is 0.432 e. The van der Waals surface area contributed by atoms with E-state index in [0.717, 1.165) is 51.4 Å². The summed E-state index contributed by atoms with van der Waals surface area (Å²) in [7, 11) is 0. The van der Waals surface area contributed by atoms with Crippen LogP contribution < -0.4 is 11.1 Å². The van der Waals surface area contributed by atoms with E-state index in [4.69, 9.17) is 34.2 Å². The Morgan fingerprint density at radius 3 is 2.17 bits per heavy atom. The van der Waals surface area contributed by atoms with Crippen LogP contribution in [0.25, 0.3) is 0 Å². The van der Waals surface area contributed by atoms with Crippen molar-refractivity contribution in [2.24, 2.45) is 62.4 Å². The third-order valence-electron chi connectivity index (χ3n) is 18.9. The number of aliphatic hydroxyl groups excluding tert-OH is 6. The molecule has 16 heteroatoms. The maximum atomic E-state index is 15.2. The van der Waals surface area contributed by atoms with Crippen molar-refractivity contribution >= 4 is 11.9 Å². The third-order valence-corrected chi connectivity index (χ3v) is 18.9. The van der Waals surface area contributed by atoms with E-state index in [1.165, 1.54) is 5.57 Å². The van der Waals surface area contributed by atoms with Crippen LogP contribution in [0.1, 0.15) is 120 Å². The van der Waals surface area contributed by atoms with Crippen molar-refractivity contribution in [3.8, 4) is 0 Å². The second-order valence-electron chi connectivity index (χ2n) is 22.9. The highest BCUT2D eigenvalue weighted by molar-refractivity contribution is 5.79. The maximum absolute atomic E-state index is 15.2. The minimum atomic E-state index is -1.77. The fourth-order valence-electron chi connectivity index (χ4n) is 14.5.